The molecule has 0 saturated carbocycles. The first-order chi connectivity index (χ1) is 22.4. The quantitative estimate of drug-likeness (QED) is 0.101. The van der Waals surface area contributed by atoms with Gasteiger partial charge in [0.05, 0.1) is 0 Å². The second kappa shape index (κ2) is 19.4. The van der Waals surface area contributed by atoms with E-state index in [1.807, 2.05) is 18.2 Å². The zero-order chi connectivity index (χ0) is 32.7. The van der Waals surface area contributed by atoms with Crippen LogP contribution in [0.25, 0.3) is 22.4 Å². The van der Waals surface area contributed by atoms with E-state index >= 15 is 0 Å². The Hall–Kier alpha value is -4.32. The van der Waals surface area contributed by atoms with Crippen molar-refractivity contribution in [2.75, 3.05) is 0 Å². The van der Waals surface area contributed by atoms with Crippen LogP contribution in [0.2, 0.25) is 0 Å². The maximum Gasteiger partial charge on any atom is 0.355 e. The van der Waals surface area contributed by atoms with Crippen molar-refractivity contribution in [2.45, 2.75) is 57.8 Å². The van der Waals surface area contributed by atoms with Crippen LogP contribution >= 0.6 is 0 Å². The van der Waals surface area contributed by atoms with Gasteiger partial charge in [-0.1, -0.05) is 104 Å². The molecule has 0 saturated heterocycles. The summed E-state index contributed by atoms with van der Waals surface area (Å²) in [7, 11) is 0. The van der Waals surface area contributed by atoms with E-state index in [4.69, 9.17) is 0 Å². The summed E-state index contributed by atoms with van der Waals surface area (Å²) in [6, 6.07) is 32.4. The minimum atomic E-state index is -0.999. The Balaban J connectivity index is 0.000000333. The Morgan fingerprint density at radius 2 is 1.53 bits per heavy atom. The Morgan fingerprint density at radius 3 is 2.17 bits per heavy atom. The van der Waals surface area contributed by atoms with Crippen molar-refractivity contribution >= 4 is 5.97 Å². The zero-order valence-electron chi connectivity index (χ0n) is 26.6. The standard InChI is InChI=1S/C29H33NO2.C11H6F2N.Ir/c1-3-5-7-11-24(23-12-8-6-9-13-23)16-15-22(4-2)25-17-19-26(20-18-25)27-14-10-21-30-28(27)29(31)32;12-8-4-5-9(10(13)7-8)11-3-1-2-6-14-11;/h3,5-6,8-10,12-14,17-22,24H,4,7,11,15-16H2,1-2H3,(H,31,32);1-4,6-7H;/q;-1;/b5-3+;;. The zero-order valence-corrected chi connectivity index (χ0v) is 29.0. The minimum Gasteiger partial charge on any atom is -0.476 e. The van der Waals surface area contributed by atoms with E-state index < -0.39 is 17.6 Å². The number of aromatic nitrogens is 2. The predicted octanol–water partition coefficient (Wildman–Crippen LogP) is 10.7. The number of halogens is 2. The SMILES string of the molecule is C/C=C/CCC(CCC(CC)c1ccc(-c2cccnc2C(=O)O)cc1)c1ccccc1.Fc1c[c-]c(-c2ccccn2)c(F)c1.[Ir]. The van der Waals surface area contributed by atoms with Crippen LogP contribution in [0.5, 0.6) is 0 Å². The smallest absolute Gasteiger partial charge is 0.355 e. The monoisotopic (exact) mass is 810 g/mol. The van der Waals surface area contributed by atoms with E-state index in [9.17, 15) is 18.7 Å². The summed E-state index contributed by atoms with van der Waals surface area (Å²) in [5.41, 5.74) is 5.03. The second-order valence-electron chi connectivity index (χ2n) is 11.0. The molecule has 2 unspecified atom stereocenters. The molecular formula is C40H39F2IrN2O2-. The van der Waals surface area contributed by atoms with Crippen molar-refractivity contribution in [1.29, 1.82) is 0 Å². The van der Waals surface area contributed by atoms with Gasteiger partial charge in [-0.25, -0.2) is 9.78 Å². The number of carboxylic acid groups (broad SMARTS) is 1. The van der Waals surface area contributed by atoms with Gasteiger partial charge in [0.15, 0.2) is 5.69 Å². The summed E-state index contributed by atoms with van der Waals surface area (Å²) in [6.45, 7) is 4.33. The summed E-state index contributed by atoms with van der Waals surface area (Å²) >= 11 is 0. The number of nitrogens with zero attached hydrogens (tertiary/aromatic N) is 2. The number of carboxylic acids is 1. The van der Waals surface area contributed by atoms with Crippen LogP contribution in [0.15, 0.2) is 122 Å². The maximum atomic E-state index is 13.2. The molecule has 2 atom stereocenters. The summed E-state index contributed by atoms with van der Waals surface area (Å²) in [5.74, 6) is -1.23. The first kappa shape index (κ1) is 37.1. The number of rotatable bonds is 12. The predicted molar refractivity (Wildman–Crippen MR) is 181 cm³/mol. The van der Waals surface area contributed by atoms with E-state index in [-0.39, 0.29) is 31.4 Å². The van der Waals surface area contributed by atoms with Gasteiger partial charge in [-0.2, -0.15) is 0 Å². The van der Waals surface area contributed by atoms with Gasteiger partial charge < -0.3 is 10.1 Å². The third kappa shape index (κ3) is 10.9. The molecule has 2 aromatic heterocycles. The summed E-state index contributed by atoms with van der Waals surface area (Å²) < 4.78 is 25.8. The van der Waals surface area contributed by atoms with Crippen molar-refractivity contribution in [3.63, 3.8) is 0 Å². The van der Waals surface area contributed by atoms with E-state index in [1.165, 1.54) is 23.7 Å². The molecule has 3 aromatic carbocycles. The molecule has 0 spiro atoms. The number of hydrogen-bond acceptors (Lipinski definition) is 3. The summed E-state index contributed by atoms with van der Waals surface area (Å²) in [5, 5.41) is 9.43. The maximum absolute atomic E-state index is 13.2. The third-order valence-corrected chi connectivity index (χ3v) is 8.03. The van der Waals surface area contributed by atoms with Gasteiger partial charge in [0.2, 0.25) is 0 Å². The van der Waals surface area contributed by atoms with Crippen LogP contribution < -0.4 is 0 Å². The normalized spacial score (nSPS) is 12.0. The second-order valence-corrected chi connectivity index (χ2v) is 11.0. The Morgan fingerprint density at radius 1 is 0.851 bits per heavy atom. The van der Waals surface area contributed by atoms with Crippen molar-refractivity contribution < 1.29 is 38.8 Å². The Labute approximate surface area is 290 Å². The number of allylic oxidation sites excluding steroid dienone is 2. The Kier molecular flexibility index (Phi) is 15.3. The molecule has 0 fully saturated rings. The largest absolute Gasteiger partial charge is 0.476 e. The molecule has 0 amide bonds. The number of benzene rings is 3. The van der Waals surface area contributed by atoms with E-state index in [2.05, 4.69) is 84.5 Å². The van der Waals surface area contributed by atoms with E-state index in [0.29, 0.717) is 23.1 Å². The molecule has 0 aliphatic heterocycles. The average molecular weight is 810 g/mol. The molecule has 245 valence electrons. The molecule has 1 radical (unpaired) electrons. The average Bonchev–Trinajstić information content (AvgIpc) is 3.09. The van der Waals surface area contributed by atoms with E-state index in [0.717, 1.165) is 43.4 Å². The molecule has 7 heteroatoms. The fourth-order valence-electron chi connectivity index (χ4n) is 5.57. The molecular weight excluding hydrogens is 771 g/mol. The number of pyridine rings is 2. The van der Waals surface area contributed by atoms with E-state index in [1.54, 1.807) is 30.5 Å². The van der Waals surface area contributed by atoms with Gasteiger partial charge in [0, 0.05) is 49.7 Å². The van der Waals surface area contributed by atoms with Crippen molar-refractivity contribution in [3.8, 4) is 22.4 Å². The topological polar surface area (TPSA) is 63.1 Å². The number of hydrogen-bond donors (Lipinski definition) is 1. The van der Waals surface area contributed by atoms with Crippen LogP contribution in [0.3, 0.4) is 0 Å². The van der Waals surface area contributed by atoms with Gasteiger partial charge in [-0.3, -0.25) is 8.78 Å². The Bertz CT molecular complexity index is 1700. The first-order valence-electron chi connectivity index (χ1n) is 15.6. The van der Waals surface area contributed by atoms with Gasteiger partial charge in [-0.15, -0.1) is 12.1 Å². The van der Waals surface area contributed by atoms with Gasteiger partial charge in [0.25, 0.3) is 0 Å². The molecule has 0 aliphatic carbocycles. The minimum absolute atomic E-state index is 0. The van der Waals surface area contributed by atoms with Crippen LogP contribution in [-0.4, -0.2) is 21.0 Å². The number of carbonyl (C=O) groups is 1. The molecule has 5 rings (SSSR count). The molecule has 5 aromatic rings. The van der Waals surface area contributed by atoms with Gasteiger partial charge >= 0.3 is 5.97 Å². The van der Waals surface area contributed by atoms with Crippen molar-refractivity contribution in [1.82, 2.24) is 9.97 Å². The molecule has 47 heavy (non-hydrogen) atoms. The molecule has 0 bridgehead atoms. The van der Waals surface area contributed by atoms with Gasteiger partial charge in [-0.05, 0) is 85.4 Å². The first-order valence-corrected chi connectivity index (χ1v) is 15.6. The molecule has 0 aliphatic rings. The van der Waals surface area contributed by atoms with Crippen LogP contribution in [-0.2, 0) is 20.1 Å². The van der Waals surface area contributed by atoms with Crippen LogP contribution in [0.4, 0.5) is 8.78 Å². The fourth-order valence-corrected chi connectivity index (χ4v) is 5.57. The summed E-state index contributed by atoms with van der Waals surface area (Å²) in [4.78, 5) is 19.5. The van der Waals surface area contributed by atoms with Gasteiger partial charge in [0.1, 0.15) is 0 Å². The summed E-state index contributed by atoms with van der Waals surface area (Å²) in [6.07, 6.45) is 13.1. The molecule has 2 heterocycles. The van der Waals surface area contributed by atoms with Crippen molar-refractivity contribution in [3.05, 3.63) is 156 Å². The molecule has 4 nitrogen and oxygen atoms in total. The van der Waals surface area contributed by atoms with Crippen LogP contribution in [0.1, 0.15) is 79.4 Å². The van der Waals surface area contributed by atoms with Crippen molar-refractivity contribution in [2.24, 2.45) is 0 Å². The fraction of sp³-hybridized carbons (Fsp3) is 0.225. The molecule has 1 N–H and O–H groups in total. The number of aromatic carboxylic acids is 1. The third-order valence-electron chi connectivity index (χ3n) is 8.03. The van der Waals surface area contributed by atoms with Crippen LogP contribution in [0, 0.1) is 17.7 Å².